The molecule has 13 heavy (non-hydrogen) atoms. The average Bonchev–Trinajstić information content (AvgIpc) is 2.16. The Morgan fingerprint density at radius 2 is 1.92 bits per heavy atom. The van der Waals surface area contributed by atoms with Crippen molar-refractivity contribution < 1.29 is 0 Å². The molecule has 0 spiro atoms. The van der Waals surface area contributed by atoms with Crippen LogP contribution in [0.3, 0.4) is 0 Å². The van der Waals surface area contributed by atoms with Crippen LogP contribution in [0.2, 0.25) is 0 Å². The van der Waals surface area contributed by atoms with Crippen LogP contribution in [0.5, 0.6) is 0 Å². The van der Waals surface area contributed by atoms with E-state index in [9.17, 15) is 0 Å². The fourth-order valence-corrected chi connectivity index (χ4v) is 1.40. The summed E-state index contributed by atoms with van der Waals surface area (Å²) in [5, 5.41) is 0. The largest absolute Gasteiger partial charge is 0.0985 e. The molecule has 0 aliphatic rings. The van der Waals surface area contributed by atoms with Gasteiger partial charge in [-0.3, -0.25) is 0 Å². The highest BCUT2D eigenvalue weighted by atomic mass is 14.1. The molecule has 0 aliphatic heterocycles. The molecule has 0 unspecified atom stereocenters. The van der Waals surface area contributed by atoms with E-state index >= 15 is 0 Å². The molecule has 0 aromatic heterocycles. The zero-order chi connectivity index (χ0) is 9.84. The molecule has 0 amide bonds. The smallest absolute Gasteiger partial charge is 0.0155 e. The summed E-state index contributed by atoms with van der Waals surface area (Å²) in [6.07, 6.45) is 1.81. The van der Waals surface area contributed by atoms with Crippen molar-refractivity contribution >= 4 is 5.57 Å². The van der Waals surface area contributed by atoms with Crippen LogP contribution in [0.1, 0.15) is 30.9 Å². The molecule has 1 aromatic rings. The van der Waals surface area contributed by atoms with E-state index in [4.69, 9.17) is 0 Å². The normalized spacial score (nSPS) is 10.1. The summed E-state index contributed by atoms with van der Waals surface area (Å²) in [4.78, 5) is 0. The van der Waals surface area contributed by atoms with Gasteiger partial charge in [0.1, 0.15) is 0 Å². The number of rotatable bonds is 3. The van der Waals surface area contributed by atoms with Crippen molar-refractivity contribution in [1.29, 1.82) is 0 Å². The Bertz CT molecular complexity index is 319. The first-order chi connectivity index (χ1) is 6.16. The molecule has 0 radical (unpaired) electrons. The number of hydrogen-bond donors (Lipinski definition) is 0. The standard InChI is InChI=1S/C13H16/c1-5-11(4)13-9-7-6-8-12(13)10(2)3/h5-10H,1,4H2,2-3H3. The van der Waals surface area contributed by atoms with E-state index in [2.05, 4.69) is 45.2 Å². The molecule has 0 saturated heterocycles. The Hall–Kier alpha value is -1.30. The highest BCUT2D eigenvalue weighted by Crippen LogP contribution is 2.24. The predicted octanol–water partition coefficient (Wildman–Crippen LogP) is 4.01. The molecule has 0 heterocycles. The molecule has 0 bridgehead atoms. The summed E-state index contributed by atoms with van der Waals surface area (Å²) < 4.78 is 0. The number of hydrogen-bond acceptors (Lipinski definition) is 0. The molecule has 0 nitrogen and oxygen atoms in total. The van der Waals surface area contributed by atoms with Gasteiger partial charge in [0.2, 0.25) is 0 Å². The van der Waals surface area contributed by atoms with Crippen LogP contribution in [-0.2, 0) is 0 Å². The Morgan fingerprint density at radius 1 is 1.31 bits per heavy atom. The molecular formula is C13H16. The third-order valence-electron chi connectivity index (χ3n) is 2.18. The van der Waals surface area contributed by atoms with Crippen molar-refractivity contribution in [3.8, 4) is 0 Å². The van der Waals surface area contributed by atoms with E-state index in [0.717, 1.165) is 5.57 Å². The molecule has 1 rings (SSSR count). The highest BCUT2D eigenvalue weighted by molar-refractivity contribution is 5.73. The van der Waals surface area contributed by atoms with Crippen LogP contribution in [0.15, 0.2) is 43.5 Å². The van der Waals surface area contributed by atoms with Crippen LogP contribution in [-0.4, -0.2) is 0 Å². The third kappa shape index (κ3) is 2.09. The van der Waals surface area contributed by atoms with Crippen LogP contribution >= 0.6 is 0 Å². The minimum Gasteiger partial charge on any atom is -0.0985 e. The van der Waals surface area contributed by atoms with Crippen LogP contribution in [0.4, 0.5) is 0 Å². The number of benzene rings is 1. The first-order valence-electron chi connectivity index (χ1n) is 4.57. The van der Waals surface area contributed by atoms with Gasteiger partial charge in [0.15, 0.2) is 0 Å². The maximum Gasteiger partial charge on any atom is -0.0155 e. The lowest BCUT2D eigenvalue weighted by atomic mass is 9.93. The van der Waals surface area contributed by atoms with E-state index in [1.807, 2.05) is 6.07 Å². The van der Waals surface area contributed by atoms with Crippen molar-refractivity contribution in [1.82, 2.24) is 0 Å². The summed E-state index contributed by atoms with van der Waals surface area (Å²) in [6, 6.07) is 8.35. The van der Waals surface area contributed by atoms with Gasteiger partial charge in [0.05, 0.1) is 0 Å². The van der Waals surface area contributed by atoms with Crippen molar-refractivity contribution in [2.75, 3.05) is 0 Å². The summed E-state index contributed by atoms with van der Waals surface area (Å²) in [5.74, 6) is 0.535. The summed E-state index contributed by atoms with van der Waals surface area (Å²) in [5.41, 5.74) is 3.56. The van der Waals surface area contributed by atoms with E-state index in [0.29, 0.717) is 5.92 Å². The minimum atomic E-state index is 0.535. The highest BCUT2D eigenvalue weighted by Gasteiger charge is 2.05. The van der Waals surface area contributed by atoms with Crippen LogP contribution < -0.4 is 0 Å². The lowest BCUT2D eigenvalue weighted by Crippen LogP contribution is -1.93. The van der Waals surface area contributed by atoms with Crippen molar-refractivity contribution in [2.24, 2.45) is 0 Å². The van der Waals surface area contributed by atoms with Gasteiger partial charge in [0, 0.05) is 0 Å². The first kappa shape index (κ1) is 9.79. The molecule has 0 fully saturated rings. The Morgan fingerprint density at radius 3 is 2.46 bits per heavy atom. The van der Waals surface area contributed by atoms with Gasteiger partial charge in [-0.05, 0) is 22.6 Å². The van der Waals surface area contributed by atoms with E-state index in [1.54, 1.807) is 6.08 Å². The van der Waals surface area contributed by atoms with Gasteiger partial charge in [-0.2, -0.15) is 0 Å². The zero-order valence-electron chi connectivity index (χ0n) is 8.38. The van der Waals surface area contributed by atoms with Gasteiger partial charge in [-0.25, -0.2) is 0 Å². The molecule has 0 heteroatoms. The monoisotopic (exact) mass is 172 g/mol. The van der Waals surface area contributed by atoms with Crippen LogP contribution in [0, 0.1) is 0 Å². The Kier molecular flexibility index (Phi) is 3.07. The third-order valence-corrected chi connectivity index (χ3v) is 2.18. The van der Waals surface area contributed by atoms with E-state index < -0.39 is 0 Å². The van der Waals surface area contributed by atoms with Gasteiger partial charge in [-0.1, -0.05) is 57.3 Å². The average molecular weight is 172 g/mol. The SMILES string of the molecule is C=CC(=C)c1ccccc1C(C)C. The Labute approximate surface area is 80.6 Å². The maximum atomic E-state index is 3.97. The summed E-state index contributed by atoms with van der Waals surface area (Å²) >= 11 is 0. The molecule has 0 atom stereocenters. The lowest BCUT2D eigenvalue weighted by molar-refractivity contribution is 0.863. The number of allylic oxidation sites excluding steroid dienone is 2. The first-order valence-corrected chi connectivity index (χ1v) is 4.57. The van der Waals surface area contributed by atoms with E-state index in [1.165, 1.54) is 11.1 Å². The second-order valence-corrected chi connectivity index (χ2v) is 3.47. The summed E-state index contributed by atoms with van der Waals surface area (Å²) in [6.45, 7) is 12.1. The minimum absolute atomic E-state index is 0.535. The van der Waals surface area contributed by atoms with Crippen molar-refractivity contribution in [3.63, 3.8) is 0 Å². The maximum absolute atomic E-state index is 3.97. The Balaban J connectivity index is 3.19. The lowest BCUT2D eigenvalue weighted by Gasteiger charge is -2.12. The van der Waals surface area contributed by atoms with Gasteiger partial charge in [-0.15, -0.1) is 0 Å². The van der Waals surface area contributed by atoms with E-state index in [-0.39, 0.29) is 0 Å². The second-order valence-electron chi connectivity index (χ2n) is 3.47. The topological polar surface area (TPSA) is 0 Å². The molecular weight excluding hydrogens is 156 g/mol. The molecule has 0 saturated carbocycles. The second kappa shape index (κ2) is 4.08. The van der Waals surface area contributed by atoms with Gasteiger partial charge >= 0.3 is 0 Å². The quantitative estimate of drug-likeness (QED) is 0.604. The van der Waals surface area contributed by atoms with Crippen molar-refractivity contribution in [3.05, 3.63) is 54.6 Å². The molecule has 0 N–H and O–H groups in total. The van der Waals surface area contributed by atoms with Crippen molar-refractivity contribution in [2.45, 2.75) is 19.8 Å². The predicted molar refractivity (Wildman–Crippen MR) is 59.8 cm³/mol. The van der Waals surface area contributed by atoms with Gasteiger partial charge in [0.25, 0.3) is 0 Å². The molecule has 68 valence electrons. The zero-order valence-corrected chi connectivity index (χ0v) is 8.38. The van der Waals surface area contributed by atoms with Gasteiger partial charge < -0.3 is 0 Å². The summed E-state index contributed by atoms with van der Waals surface area (Å²) in [7, 11) is 0. The fraction of sp³-hybridized carbons (Fsp3) is 0.231. The van der Waals surface area contributed by atoms with Crippen LogP contribution in [0.25, 0.3) is 5.57 Å². The fourth-order valence-electron chi connectivity index (χ4n) is 1.40. The molecule has 0 aliphatic carbocycles. The molecule has 1 aromatic carbocycles.